The van der Waals surface area contributed by atoms with Gasteiger partial charge in [0.2, 0.25) is 5.91 Å². The molecule has 6 nitrogen and oxygen atoms in total. The van der Waals surface area contributed by atoms with Crippen molar-refractivity contribution in [2.24, 2.45) is 11.1 Å². The van der Waals surface area contributed by atoms with Crippen LogP contribution in [0.15, 0.2) is 23.4 Å². The topological polar surface area (TPSA) is 79.5 Å². The van der Waals surface area contributed by atoms with E-state index in [0.29, 0.717) is 23.7 Å². The SMILES string of the molecule is CC(Sc1ncccc1C(=O)N(C)CC(C)(C)CN)C(=O)N1CCCC1. The molecule has 1 aliphatic rings. The smallest absolute Gasteiger partial charge is 0.256 e. The van der Waals surface area contributed by atoms with Gasteiger partial charge in [-0.3, -0.25) is 9.59 Å². The zero-order chi connectivity index (χ0) is 19.3. The molecule has 1 aromatic heterocycles. The number of amides is 2. The molecule has 26 heavy (non-hydrogen) atoms. The predicted molar refractivity (Wildman–Crippen MR) is 105 cm³/mol. The number of rotatable bonds is 7. The summed E-state index contributed by atoms with van der Waals surface area (Å²) in [6, 6.07) is 3.53. The van der Waals surface area contributed by atoms with Crippen LogP contribution >= 0.6 is 11.8 Å². The van der Waals surface area contributed by atoms with Crippen LogP contribution in [0.3, 0.4) is 0 Å². The Balaban J connectivity index is 2.11. The van der Waals surface area contributed by atoms with E-state index in [2.05, 4.69) is 4.98 Å². The summed E-state index contributed by atoms with van der Waals surface area (Å²) in [5, 5.41) is 0.343. The minimum absolute atomic E-state index is 0.0945. The third-order valence-corrected chi connectivity index (χ3v) is 5.72. The van der Waals surface area contributed by atoms with E-state index >= 15 is 0 Å². The summed E-state index contributed by atoms with van der Waals surface area (Å²) in [5.41, 5.74) is 6.17. The summed E-state index contributed by atoms with van der Waals surface area (Å²) in [6.07, 6.45) is 3.80. The first-order chi connectivity index (χ1) is 12.2. The molecule has 0 aromatic carbocycles. The Bertz CT molecular complexity index is 644. The molecular weight excluding hydrogens is 348 g/mol. The maximum Gasteiger partial charge on any atom is 0.256 e. The zero-order valence-corrected chi connectivity index (χ0v) is 17.0. The van der Waals surface area contributed by atoms with Crippen molar-refractivity contribution in [2.75, 3.05) is 33.2 Å². The van der Waals surface area contributed by atoms with Gasteiger partial charge in [0, 0.05) is 32.9 Å². The van der Waals surface area contributed by atoms with Crippen LogP contribution in [0.4, 0.5) is 0 Å². The standard InChI is InChI=1S/C19H30N4O2S/c1-14(17(24)23-10-5-6-11-23)26-16-15(8-7-9-21-16)18(25)22(4)13-19(2,3)12-20/h7-9,14H,5-6,10-13,20H2,1-4H3. The van der Waals surface area contributed by atoms with Crippen LogP contribution in [-0.2, 0) is 4.79 Å². The first kappa shape index (κ1) is 20.7. The van der Waals surface area contributed by atoms with Crippen molar-refractivity contribution in [1.29, 1.82) is 0 Å². The number of likely N-dealkylation sites (tertiary alicyclic amines) is 1. The van der Waals surface area contributed by atoms with Gasteiger partial charge in [0.25, 0.3) is 5.91 Å². The molecule has 1 aromatic rings. The van der Waals surface area contributed by atoms with Gasteiger partial charge in [-0.1, -0.05) is 25.6 Å². The number of hydrogen-bond acceptors (Lipinski definition) is 5. The van der Waals surface area contributed by atoms with Gasteiger partial charge in [-0.25, -0.2) is 4.98 Å². The number of hydrogen-bond donors (Lipinski definition) is 1. The summed E-state index contributed by atoms with van der Waals surface area (Å²) in [7, 11) is 1.78. The lowest BCUT2D eigenvalue weighted by Crippen LogP contribution is -2.40. The van der Waals surface area contributed by atoms with E-state index in [4.69, 9.17) is 5.73 Å². The van der Waals surface area contributed by atoms with Crippen LogP contribution in [0.2, 0.25) is 0 Å². The fourth-order valence-electron chi connectivity index (χ4n) is 3.04. The van der Waals surface area contributed by atoms with E-state index in [1.807, 2.05) is 25.7 Å². The Morgan fingerprint density at radius 2 is 2.04 bits per heavy atom. The number of carbonyl (C=O) groups excluding carboxylic acids is 2. The van der Waals surface area contributed by atoms with Gasteiger partial charge < -0.3 is 15.5 Å². The molecule has 144 valence electrons. The van der Waals surface area contributed by atoms with Gasteiger partial charge in [0.05, 0.1) is 10.8 Å². The molecule has 2 amide bonds. The third kappa shape index (κ3) is 5.20. The fraction of sp³-hybridized carbons (Fsp3) is 0.632. The van der Waals surface area contributed by atoms with Gasteiger partial charge in [0.15, 0.2) is 0 Å². The van der Waals surface area contributed by atoms with E-state index in [1.165, 1.54) is 11.8 Å². The molecule has 0 bridgehead atoms. The Kier molecular flexibility index (Phi) is 7.06. The molecule has 1 saturated heterocycles. The minimum Gasteiger partial charge on any atom is -0.342 e. The molecule has 0 saturated carbocycles. The normalized spacial score (nSPS) is 15.8. The molecule has 7 heteroatoms. The average molecular weight is 379 g/mol. The Morgan fingerprint density at radius 1 is 1.38 bits per heavy atom. The van der Waals surface area contributed by atoms with Gasteiger partial charge in [0.1, 0.15) is 5.03 Å². The third-order valence-electron chi connectivity index (χ3n) is 4.62. The van der Waals surface area contributed by atoms with Gasteiger partial charge in [-0.15, -0.1) is 0 Å². The van der Waals surface area contributed by atoms with Crippen molar-refractivity contribution >= 4 is 23.6 Å². The van der Waals surface area contributed by atoms with Crippen molar-refractivity contribution in [3.63, 3.8) is 0 Å². The summed E-state index contributed by atoms with van der Waals surface area (Å²) in [6.45, 7) is 8.67. The van der Waals surface area contributed by atoms with E-state index in [0.717, 1.165) is 25.9 Å². The van der Waals surface area contributed by atoms with Crippen LogP contribution in [0, 0.1) is 5.41 Å². The highest BCUT2D eigenvalue weighted by atomic mass is 32.2. The summed E-state index contributed by atoms with van der Waals surface area (Å²) >= 11 is 1.36. The van der Waals surface area contributed by atoms with E-state index in [1.54, 1.807) is 30.3 Å². The van der Waals surface area contributed by atoms with Crippen molar-refractivity contribution < 1.29 is 9.59 Å². The van der Waals surface area contributed by atoms with E-state index in [-0.39, 0.29) is 22.5 Å². The molecule has 1 unspecified atom stereocenters. The Hall–Kier alpha value is -1.60. The first-order valence-corrected chi connectivity index (χ1v) is 9.99. The predicted octanol–water partition coefficient (Wildman–Crippen LogP) is 2.24. The molecule has 1 aliphatic heterocycles. The monoisotopic (exact) mass is 378 g/mol. The fourth-order valence-corrected chi connectivity index (χ4v) is 4.03. The van der Waals surface area contributed by atoms with Crippen molar-refractivity contribution in [3.05, 3.63) is 23.9 Å². The number of pyridine rings is 1. The second-order valence-electron chi connectivity index (χ2n) is 7.68. The average Bonchev–Trinajstić information content (AvgIpc) is 3.15. The molecule has 1 atom stereocenters. The number of nitrogens with two attached hydrogens (primary N) is 1. The van der Waals surface area contributed by atoms with Crippen LogP contribution in [0.1, 0.15) is 44.0 Å². The maximum atomic E-state index is 12.9. The second kappa shape index (κ2) is 8.86. The molecule has 0 aliphatic carbocycles. The zero-order valence-electron chi connectivity index (χ0n) is 16.2. The van der Waals surface area contributed by atoms with Crippen LogP contribution in [0.5, 0.6) is 0 Å². The summed E-state index contributed by atoms with van der Waals surface area (Å²) in [4.78, 5) is 33.4. The van der Waals surface area contributed by atoms with Crippen molar-refractivity contribution in [1.82, 2.24) is 14.8 Å². The lowest BCUT2D eigenvalue weighted by atomic mass is 9.93. The van der Waals surface area contributed by atoms with E-state index < -0.39 is 0 Å². The molecule has 0 spiro atoms. The number of aromatic nitrogens is 1. The largest absolute Gasteiger partial charge is 0.342 e. The molecule has 2 N–H and O–H groups in total. The Morgan fingerprint density at radius 3 is 2.65 bits per heavy atom. The number of carbonyl (C=O) groups is 2. The maximum absolute atomic E-state index is 12.9. The first-order valence-electron chi connectivity index (χ1n) is 9.11. The molecule has 2 rings (SSSR count). The van der Waals surface area contributed by atoms with Crippen LogP contribution in [-0.4, -0.2) is 65.1 Å². The van der Waals surface area contributed by atoms with Gasteiger partial charge in [-0.2, -0.15) is 0 Å². The second-order valence-corrected chi connectivity index (χ2v) is 9.01. The van der Waals surface area contributed by atoms with Gasteiger partial charge in [-0.05, 0) is 43.9 Å². The summed E-state index contributed by atoms with van der Waals surface area (Å²) < 4.78 is 0. The highest BCUT2D eigenvalue weighted by molar-refractivity contribution is 8.00. The molecule has 1 fully saturated rings. The highest BCUT2D eigenvalue weighted by Gasteiger charge is 2.27. The number of nitrogens with zero attached hydrogens (tertiary/aromatic N) is 3. The summed E-state index contributed by atoms with van der Waals surface area (Å²) in [5.74, 6) is 0.0251. The van der Waals surface area contributed by atoms with E-state index in [9.17, 15) is 9.59 Å². The quantitative estimate of drug-likeness (QED) is 0.736. The lowest BCUT2D eigenvalue weighted by molar-refractivity contribution is -0.129. The van der Waals surface area contributed by atoms with Crippen molar-refractivity contribution in [3.8, 4) is 0 Å². The van der Waals surface area contributed by atoms with Crippen molar-refractivity contribution in [2.45, 2.75) is 43.9 Å². The highest BCUT2D eigenvalue weighted by Crippen LogP contribution is 2.28. The lowest BCUT2D eigenvalue weighted by Gasteiger charge is -2.29. The number of thioether (sulfide) groups is 1. The van der Waals surface area contributed by atoms with Crippen LogP contribution in [0.25, 0.3) is 0 Å². The van der Waals surface area contributed by atoms with Crippen LogP contribution < -0.4 is 5.73 Å². The molecular formula is C19H30N4O2S. The Labute approximate surface area is 160 Å². The van der Waals surface area contributed by atoms with Gasteiger partial charge >= 0.3 is 0 Å². The molecule has 2 heterocycles. The minimum atomic E-state index is -0.264. The molecule has 0 radical (unpaired) electrons.